The number of halogens is 1. The quantitative estimate of drug-likeness (QED) is 0.548. The van der Waals surface area contributed by atoms with E-state index in [1.165, 1.54) is 12.8 Å². The normalized spacial score (nSPS) is 14.8. The van der Waals surface area contributed by atoms with E-state index in [2.05, 4.69) is 21.6 Å². The van der Waals surface area contributed by atoms with Crippen LogP contribution in [0.1, 0.15) is 47.6 Å². The molecule has 0 bridgehead atoms. The molecule has 6 nitrogen and oxygen atoms in total. The predicted octanol–water partition coefficient (Wildman–Crippen LogP) is 3.81. The molecule has 2 aromatic carbocycles. The van der Waals surface area contributed by atoms with Gasteiger partial charge >= 0.3 is 0 Å². The van der Waals surface area contributed by atoms with E-state index in [-0.39, 0.29) is 17.9 Å². The molecule has 2 amide bonds. The molecule has 1 aliphatic heterocycles. The van der Waals surface area contributed by atoms with E-state index in [0.717, 1.165) is 24.4 Å². The number of hydrogen-bond donors (Lipinski definition) is 2. The molecule has 0 aromatic heterocycles. The van der Waals surface area contributed by atoms with Crippen molar-refractivity contribution in [2.24, 2.45) is 0 Å². The van der Waals surface area contributed by atoms with Crippen molar-refractivity contribution in [1.82, 2.24) is 15.5 Å². The number of nitrogens with one attached hydrogen (secondary N) is 2. The first-order valence-corrected chi connectivity index (χ1v) is 11.1. The van der Waals surface area contributed by atoms with Crippen molar-refractivity contribution in [3.05, 3.63) is 64.7 Å². The largest absolute Gasteiger partial charge is 0.496 e. The third-order valence-corrected chi connectivity index (χ3v) is 5.80. The number of likely N-dealkylation sites (tertiary alicyclic amines) is 1. The fourth-order valence-corrected chi connectivity index (χ4v) is 4.01. The van der Waals surface area contributed by atoms with Crippen LogP contribution in [0.2, 0.25) is 5.02 Å². The molecule has 1 aliphatic rings. The number of carbonyl (C=O) groups excluding carboxylic acids is 2. The van der Waals surface area contributed by atoms with E-state index in [4.69, 9.17) is 16.3 Å². The van der Waals surface area contributed by atoms with Crippen molar-refractivity contribution in [1.29, 1.82) is 0 Å². The van der Waals surface area contributed by atoms with Gasteiger partial charge in [-0.05, 0) is 62.7 Å². The molecule has 3 rings (SSSR count). The van der Waals surface area contributed by atoms with Crippen molar-refractivity contribution in [2.75, 3.05) is 33.3 Å². The van der Waals surface area contributed by atoms with Crippen LogP contribution < -0.4 is 15.4 Å². The van der Waals surface area contributed by atoms with Crippen LogP contribution in [0.25, 0.3) is 0 Å². The lowest BCUT2D eigenvalue weighted by molar-refractivity contribution is -0.121. The second kappa shape index (κ2) is 11.7. The van der Waals surface area contributed by atoms with Crippen LogP contribution in [0.5, 0.6) is 5.75 Å². The fraction of sp³-hybridized carbons (Fsp3) is 0.417. The molecule has 0 saturated carbocycles. The van der Waals surface area contributed by atoms with Crippen LogP contribution in [-0.4, -0.2) is 50.0 Å². The molecule has 2 N–H and O–H groups in total. The second-order valence-corrected chi connectivity index (χ2v) is 8.11. The summed E-state index contributed by atoms with van der Waals surface area (Å²) in [5.41, 5.74) is 1.65. The number of ether oxygens (including phenoxy) is 1. The van der Waals surface area contributed by atoms with Gasteiger partial charge in [0, 0.05) is 35.7 Å². The lowest BCUT2D eigenvalue weighted by Gasteiger charge is -2.29. The van der Waals surface area contributed by atoms with Crippen LogP contribution >= 0.6 is 11.6 Å². The van der Waals surface area contributed by atoms with Crippen molar-refractivity contribution in [2.45, 2.75) is 31.7 Å². The SMILES string of the molecule is COc1ccccc1C(CNC(=O)CCCNC(=O)c1ccc(Cl)cc1)N1CCCC1. The van der Waals surface area contributed by atoms with Gasteiger partial charge in [0.05, 0.1) is 13.2 Å². The van der Waals surface area contributed by atoms with Crippen LogP contribution in [0.4, 0.5) is 0 Å². The molecule has 1 unspecified atom stereocenters. The first kappa shape index (κ1) is 23.1. The van der Waals surface area contributed by atoms with Crippen LogP contribution in [0.15, 0.2) is 48.5 Å². The minimum absolute atomic E-state index is 0.0140. The van der Waals surface area contributed by atoms with Crippen molar-refractivity contribution in [3.63, 3.8) is 0 Å². The smallest absolute Gasteiger partial charge is 0.251 e. The van der Waals surface area contributed by atoms with Crippen LogP contribution in [0.3, 0.4) is 0 Å². The molecule has 166 valence electrons. The van der Waals surface area contributed by atoms with E-state index in [9.17, 15) is 9.59 Å². The number of nitrogens with zero attached hydrogens (tertiary/aromatic N) is 1. The molecule has 1 fully saturated rings. The fourth-order valence-electron chi connectivity index (χ4n) is 3.88. The zero-order chi connectivity index (χ0) is 22.1. The summed E-state index contributed by atoms with van der Waals surface area (Å²) >= 11 is 5.84. The Hall–Kier alpha value is -2.57. The first-order chi connectivity index (χ1) is 15.1. The van der Waals surface area contributed by atoms with Crippen LogP contribution in [0, 0.1) is 0 Å². The third-order valence-electron chi connectivity index (χ3n) is 5.54. The number of para-hydroxylation sites is 1. The molecular formula is C24H30ClN3O3. The molecule has 1 heterocycles. The molecule has 7 heteroatoms. The minimum Gasteiger partial charge on any atom is -0.496 e. The minimum atomic E-state index is -0.164. The number of hydrogen-bond acceptors (Lipinski definition) is 4. The number of benzene rings is 2. The van der Waals surface area contributed by atoms with Gasteiger partial charge in [0.15, 0.2) is 0 Å². The van der Waals surface area contributed by atoms with Gasteiger partial charge < -0.3 is 15.4 Å². The zero-order valence-corrected chi connectivity index (χ0v) is 18.7. The zero-order valence-electron chi connectivity index (χ0n) is 17.9. The summed E-state index contributed by atoms with van der Waals surface area (Å²) in [6.45, 7) is 3.03. The third kappa shape index (κ3) is 6.71. The van der Waals surface area contributed by atoms with Gasteiger partial charge in [-0.1, -0.05) is 29.8 Å². The number of rotatable bonds is 10. The van der Waals surface area contributed by atoms with Gasteiger partial charge in [-0.15, -0.1) is 0 Å². The molecule has 0 aliphatic carbocycles. The Morgan fingerprint density at radius 2 is 1.77 bits per heavy atom. The molecule has 2 aromatic rings. The van der Waals surface area contributed by atoms with E-state index < -0.39 is 0 Å². The van der Waals surface area contributed by atoms with Gasteiger partial charge in [0.2, 0.25) is 5.91 Å². The monoisotopic (exact) mass is 443 g/mol. The van der Waals surface area contributed by atoms with Gasteiger partial charge in [0.25, 0.3) is 5.91 Å². The Labute approximate surface area is 188 Å². The highest BCUT2D eigenvalue weighted by Crippen LogP contribution is 2.31. The number of methoxy groups -OCH3 is 1. The van der Waals surface area contributed by atoms with Gasteiger partial charge in [-0.2, -0.15) is 0 Å². The lowest BCUT2D eigenvalue weighted by atomic mass is 10.0. The number of amides is 2. The topological polar surface area (TPSA) is 70.7 Å². The maximum Gasteiger partial charge on any atom is 0.251 e. The van der Waals surface area contributed by atoms with Crippen LogP contribution in [-0.2, 0) is 4.79 Å². The van der Waals surface area contributed by atoms with E-state index in [1.807, 2.05) is 18.2 Å². The lowest BCUT2D eigenvalue weighted by Crippen LogP contribution is -2.37. The maximum atomic E-state index is 12.4. The highest BCUT2D eigenvalue weighted by molar-refractivity contribution is 6.30. The highest BCUT2D eigenvalue weighted by atomic mass is 35.5. The van der Waals surface area contributed by atoms with Gasteiger partial charge in [-0.3, -0.25) is 14.5 Å². The Morgan fingerprint density at radius 1 is 1.06 bits per heavy atom. The average molecular weight is 444 g/mol. The summed E-state index contributed by atoms with van der Waals surface area (Å²) in [5.74, 6) is 0.667. The average Bonchev–Trinajstić information content (AvgIpc) is 3.32. The van der Waals surface area contributed by atoms with E-state index in [0.29, 0.717) is 36.5 Å². The van der Waals surface area contributed by atoms with Gasteiger partial charge in [-0.25, -0.2) is 0 Å². The van der Waals surface area contributed by atoms with Gasteiger partial charge in [0.1, 0.15) is 5.75 Å². The number of carbonyl (C=O) groups is 2. The summed E-state index contributed by atoms with van der Waals surface area (Å²) in [6, 6.07) is 14.8. The van der Waals surface area contributed by atoms with E-state index >= 15 is 0 Å². The Morgan fingerprint density at radius 3 is 2.48 bits per heavy atom. The summed E-state index contributed by atoms with van der Waals surface area (Å²) < 4.78 is 5.55. The van der Waals surface area contributed by atoms with Crippen molar-refractivity contribution < 1.29 is 14.3 Å². The Bertz CT molecular complexity index is 867. The molecular weight excluding hydrogens is 414 g/mol. The second-order valence-electron chi connectivity index (χ2n) is 7.67. The predicted molar refractivity (Wildman–Crippen MR) is 123 cm³/mol. The molecule has 0 radical (unpaired) electrons. The van der Waals surface area contributed by atoms with Crippen molar-refractivity contribution >= 4 is 23.4 Å². The molecule has 0 spiro atoms. The molecule has 1 atom stereocenters. The Kier molecular flexibility index (Phi) is 8.74. The summed E-state index contributed by atoms with van der Waals surface area (Å²) in [6.07, 6.45) is 3.29. The Balaban J connectivity index is 1.46. The highest BCUT2D eigenvalue weighted by Gasteiger charge is 2.26. The van der Waals surface area contributed by atoms with Crippen molar-refractivity contribution in [3.8, 4) is 5.75 Å². The molecule has 1 saturated heterocycles. The maximum absolute atomic E-state index is 12.4. The molecule has 31 heavy (non-hydrogen) atoms. The van der Waals surface area contributed by atoms with E-state index in [1.54, 1.807) is 31.4 Å². The standard InChI is InChI=1S/C24H30ClN3O3/c1-31-22-8-3-2-7-20(22)21(28-15-4-5-16-28)17-27-23(29)9-6-14-26-24(30)18-10-12-19(25)13-11-18/h2-3,7-8,10-13,21H,4-6,9,14-17H2,1H3,(H,26,30)(H,27,29). The summed E-state index contributed by atoms with van der Waals surface area (Å²) in [7, 11) is 1.68. The summed E-state index contributed by atoms with van der Waals surface area (Å²) in [4.78, 5) is 26.9. The first-order valence-electron chi connectivity index (χ1n) is 10.8. The summed E-state index contributed by atoms with van der Waals surface area (Å²) in [5, 5.41) is 6.50.